The van der Waals surface area contributed by atoms with E-state index < -0.39 is 10.5 Å². The van der Waals surface area contributed by atoms with Gasteiger partial charge in [-0.2, -0.15) is 5.26 Å². The van der Waals surface area contributed by atoms with Crippen molar-refractivity contribution >= 4 is 28.5 Å². The third-order valence-corrected chi connectivity index (χ3v) is 4.13. The number of hydrogen-bond donors (Lipinski definition) is 0. The second-order valence-corrected chi connectivity index (χ2v) is 5.90. The fourth-order valence-corrected chi connectivity index (χ4v) is 2.76. The van der Waals surface area contributed by atoms with Gasteiger partial charge in [-0.1, -0.05) is 23.9 Å². The second-order valence-electron chi connectivity index (χ2n) is 5.12. The van der Waals surface area contributed by atoms with Gasteiger partial charge < -0.3 is 0 Å². The van der Waals surface area contributed by atoms with Crippen LogP contribution in [0.25, 0.3) is 11.0 Å². The molecule has 0 amide bonds. The first-order valence-corrected chi connectivity index (χ1v) is 8.34. The molecule has 0 atom stereocenters. The topological polar surface area (TPSA) is 115 Å². The normalized spacial score (nSPS) is 10.6. The van der Waals surface area contributed by atoms with Crippen LogP contribution in [0.3, 0.4) is 0 Å². The lowest BCUT2D eigenvalue weighted by atomic mass is 10.2. The van der Waals surface area contributed by atoms with Crippen molar-refractivity contribution in [2.45, 2.75) is 11.7 Å². The number of thioether (sulfide) groups is 1. The third-order valence-electron chi connectivity index (χ3n) is 3.57. The predicted molar refractivity (Wildman–Crippen MR) is 92.5 cm³/mol. The first kappa shape index (κ1) is 16.6. The van der Waals surface area contributed by atoms with Gasteiger partial charge in [0, 0.05) is 23.7 Å². The first-order valence-electron chi connectivity index (χ1n) is 7.11. The van der Waals surface area contributed by atoms with Crippen LogP contribution in [0, 0.1) is 21.4 Å². The highest BCUT2D eigenvalue weighted by Crippen LogP contribution is 2.18. The molecule has 0 fully saturated rings. The van der Waals surface area contributed by atoms with Gasteiger partial charge in [0.1, 0.15) is 17.3 Å². The van der Waals surface area contributed by atoms with Crippen LogP contribution in [-0.4, -0.2) is 25.7 Å². The van der Waals surface area contributed by atoms with Crippen molar-refractivity contribution < 1.29 is 4.92 Å². The smallest absolute Gasteiger partial charge is 0.270 e. The summed E-state index contributed by atoms with van der Waals surface area (Å²) in [5.74, 6) is 0. The van der Waals surface area contributed by atoms with E-state index in [0.717, 1.165) is 0 Å². The summed E-state index contributed by atoms with van der Waals surface area (Å²) in [4.78, 5) is 31.5. The zero-order chi connectivity index (χ0) is 18.0. The van der Waals surface area contributed by atoms with E-state index in [-0.39, 0.29) is 17.8 Å². The van der Waals surface area contributed by atoms with E-state index in [0.29, 0.717) is 21.8 Å². The first-order chi connectivity index (χ1) is 12.0. The van der Waals surface area contributed by atoms with Gasteiger partial charge in [-0.3, -0.25) is 19.5 Å². The van der Waals surface area contributed by atoms with Gasteiger partial charge in [0.25, 0.3) is 11.2 Å². The number of fused-ring (bicyclic) bond motifs is 1. The van der Waals surface area contributed by atoms with Crippen molar-refractivity contribution in [3.63, 3.8) is 0 Å². The SMILES string of the molecule is CSc1ncc2cc(C#N)c(=O)n(Cc3cccc([N+](=O)[O-])c3)c2n1. The van der Waals surface area contributed by atoms with Gasteiger partial charge in [0.05, 0.1) is 11.5 Å². The summed E-state index contributed by atoms with van der Waals surface area (Å²) in [5.41, 5.74) is 0.364. The molecule has 124 valence electrons. The number of rotatable bonds is 4. The lowest BCUT2D eigenvalue weighted by Gasteiger charge is -2.10. The van der Waals surface area contributed by atoms with E-state index in [1.807, 2.05) is 12.3 Å². The van der Waals surface area contributed by atoms with E-state index in [4.69, 9.17) is 0 Å². The van der Waals surface area contributed by atoms with Crippen LogP contribution in [0.1, 0.15) is 11.1 Å². The summed E-state index contributed by atoms with van der Waals surface area (Å²) in [7, 11) is 0. The molecular weight excluding hydrogens is 342 g/mol. The Kier molecular flexibility index (Phi) is 4.45. The molecule has 2 heterocycles. The number of pyridine rings is 1. The number of nitrogens with zero attached hydrogens (tertiary/aromatic N) is 5. The van der Waals surface area contributed by atoms with Crippen molar-refractivity contribution in [2.75, 3.05) is 6.26 Å². The molecule has 0 aliphatic carbocycles. The van der Waals surface area contributed by atoms with E-state index in [1.165, 1.54) is 34.5 Å². The fourth-order valence-electron chi connectivity index (χ4n) is 2.42. The average Bonchev–Trinajstić information content (AvgIpc) is 2.63. The molecule has 3 rings (SSSR count). The number of benzene rings is 1. The van der Waals surface area contributed by atoms with Gasteiger partial charge in [0.15, 0.2) is 5.16 Å². The molecule has 0 saturated carbocycles. The standard InChI is InChI=1S/C16H11N5O3S/c1-25-16-18-8-12-6-11(7-17)15(22)20(14(12)19-16)9-10-3-2-4-13(5-10)21(23)24/h2-6,8H,9H2,1H3. The van der Waals surface area contributed by atoms with Crippen molar-refractivity contribution in [3.8, 4) is 6.07 Å². The average molecular weight is 353 g/mol. The number of nitriles is 1. The van der Waals surface area contributed by atoms with Crippen LogP contribution in [0.2, 0.25) is 0 Å². The lowest BCUT2D eigenvalue weighted by Crippen LogP contribution is -2.24. The Morgan fingerprint density at radius 2 is 2.20 bits per heavy atom. The predicted octanol–water partition coefficient (Wildman–Crippen LogP) is 2.34. The maximum atomic E-state index is 12.6. The Morgan fingerprint density at radius 1 is 1.40 bits per heavy atom. The Bertz CT molecular complexity index is 1090. The van der Waals surface area contributed by atoms with Crippen LogP contribution in [0.15, 0.2) is 46.5 Å². The summed E-state index contributed by atoms with van der Waals surface area (Å²) in [5, 5.41) is 21.2. The summed E-state index contributed by atoms with van der Waals surface area (Å²) < 4.78 is 1.34. The van der Waals surface area contributed by atoms with E-state index in [1.54, 1.807) is 18.3 Å². The van der Waals surface area contributed by atoms with Crippen molar-refractivity contribution in [1.29, 1.82) is 5.26 Å². The molecule has 0 spiro atoms. The zero-order valence-corrected chi connectivity index (χ0v) is 13.9. The highest BCUT2D eigenvalue weighted by Gasteiger charge is 2.13. The highest BCUT2D eigenvalue weighted by atomic mass is 32.2. The van der Waals surface area contributed by atoms with Crippen molar-refractivity contribution in [2.24, 2.45) is 0 Å². The molecule has 0 aliphatic heterocycles. The van der Waals surface area contributed by atoms with Gasteiger partial charge in [-0.15, -0.1) is 0 Å². The van der Waals surface area contributed by atoms with Crippen LogP contribution in [0.5, 0.6) is 0 Å². The molecule has 3 aromatic rings. The number of hydrogen-bond acceptors (Lipinski definition) is 7. The van der Waals surface area contributed by atoms with Gasteiger partial charge in [-0.25, -0.2) is 9.97 Å². The van der Waals surface area contributed by atoms with Crippen LogP contribution >= 0.6 is 11.8 Å². The summed E-state index contributed by atoms with van der Waals surface area (Å²) >= 11 is 1.33. The molecule has 0 unspecified atom stereocenters. The summed E-state index contributed by atoms with van der Waals surface area (Å²) in [6, 6.07) is 9.33. The highest BCUT2D eigenvalue weighted by molar-refractivity contribution is 7.98. The minimum atomic E-state index is -0.496. The Morgan fingerprint density at radius 3 is 2.88 bits per heavy atom. The van der Waals surface area contributed by atoms with Crippen LogP contribution < -0.4 is 5.56 Å². The molecule has 0 radical (unpaired) electrons. The second kappa shape index (κ2) is 6.70. The van der Waals surface area contributed by atoms with Crippen molar-refractivity contribution in [1.82, 2.24) is 14.5 Å². The fraction of sp³-hybridized carbons (Fsp3) is 0.125. The lowest BCUT2D eigenvalue weighted by molar-refractivity contribution is -0.384. The number of nitro benzene ring substituents is 1. The molecule has 8 nitrogen and oxygen atoms in total. The molecule has 0 aliphatic rings. The molecule has 1 aromatic carbocycles. The molecule has 2 aromatic heterocycles. The van der Waals surface area contributed by atoms with E-state index in [9.17, 15) is 20.2 Å². The zero-order valence-electron chi connectivity index (χ0n) is 13.0. The maximum Gasteiger partial charge on any atom is 0.270 e. The van der Waals surface area contributed by atoms with E-state index >= 15 is 0 Å². The number of aromatic nitrogens is 3. The van der Waals surface area contributed by atoms with Crippen LogP contribution in [-0.2, 0) is 6.54 Å². The van der Waals surface area contributed by atoms with Gasteiger partial charge in [-0.05, 0) is 17.9 Å². The summed E-state index contributed by atoms with van der Waals surface area (Å²) in [6.07, 6.45) is 3.37. The largest absolute Gasteiger partial charge is 0.287 e. The molecule has 0 N–H and O–H groups in total. The Hall–Kier alpha value is -3.25. The van der Waals surface area contributed by atoms with Gasteiger partial charge in [0.2, 0.25) is 0 Å². The number of nitro groups is 1. The van der Waals surface area contributed by atoms with Crippen molar-refractivity contribution in [3.05, 3.63) is 68.1 Å². The van der Waals surface area contributed by atoms with E-state index in [2.05, 4.69) is 9.97 Å². The number of non-ortho nitro benzene ring substituents is 1. The molecule has 0 saturated heterocycles. The molecule has 9 heteroatoms. The third kappa shape index (κ3) is 3.20. The summed E-state index contributed by atoms with van der Waals surface area (Å²) in [6.45, 7) is 0.0668. The molecule has 25 heavy (non-hydrogen) atoms. The molecule has 0 bridgehead atoms. The molecular formula is C16H11N5O3S. The quantitative estimate of drug-likeness (QED) is 0.306. The minimum Gasteiger partial charge on any atom is -0.287 e. The monoisotopic (exact) mass is 353 g/mol. The maximum absolute atomic E-state index is 12.6. The van der Waals surface area contributed by atoms with Gasteiger partial charge >= 0.3 is 0 Å². The van der Waals surface area contributed by atoms with Crippen LogP contribution in [0.4, 0.5) is 5.69 Å². The Labute approximate surface area is 145 Å². The Balaban J connectivity index is 2.21. The minimum absolute atomic E-state index is 0.0292.